The monoisotopic (exact) mass is 384 g/mol. The molecule has 0 N–H and O–H groups in total. The minimum atomic E-state index is -0.720. The van der Waals surface area contributed by atoms with Crippen LogP contribution in [0.15, 0.2) is 79.0 Å². The first-order valence-electron chi connectivity index (χ1n) is 10.4. The summed E-state index contributed by atoms with van der Waals surface area (Å²) in [6, 6.07) is 16.5. The Bertz CT molecular complexity index is 904. The van der Waals surface area contributed by atoms with Crippen LogP contribution in [0.4, 0.5) is 0 Å². The van der Waals surface area contributed by atoms with Gasteiger partial charge in [-0.15, -0.1) is 0 Å². The summed E-state index contributed by atoms with van der Waals surface area (Å²) >= 11 is 0. The maximum atomic E-state index is 9.88. The third kappa shape index (κ3) is 5.45. The number of allylic oxidation sites excluding steroid dienone is 6. The molecule has 3 nitrogen and oxygen atoms in total. The summed E-state index contributed by atoms with van der Waals surface area (Å²) in [5.74, 6) is 0.756. The van der Waals surface area contributed by atoms with Gasteiger partial charge in [0, 0.05) is 0 Å². The van der Waals surface area contributed by atoms with Gasteiger partial charge in [-0.2, -0.15) is 5.26 Å². The van der Waals surface area contributed by atoms with Crippen molar-refractivity contribution in [2.45, 2.75) is 44.4 Å². The molecule has 1 atom stereocenters. The standard InChI is InChI=1S/C26H28N2O/c1-2-3-4-5-6-10-19-29-24-13-14-25(28-20-24)26(21-27)17-15-23(16-18-26)22-11-8-7-9-12-22/h3-4,7-9,11-17,20H,2,5-6,10,18-19H2,1H3. The van der Waals surface area contributed by atoms with Gasteiger partial charge in [0.25, 0.3) is 0 Å². The summed E-state index contributed by atoms with van der Waals surface area (Å²) in [6.45, 7) is 2.84. The molecular formula is C26H28N2O. The van der Waals surface area contributed by atoms with Gasteiger partial charge >= 0.3 is 0 Å². The van der Waals surface area contributed by atoms with E-state index in [9.17, 15) is 5.26 Å². The highest BCUT2D eigenvalue weighted by molar-refractivity contribution is 5.76. The van der Waals surface area contributed by atoms with Crippen LogP contribution < -0.4 is 4.74 Å². The van der Waals surface area contributed by atoms with E-state index >= 15 is 0 Å². The number of rotatable bonds is 9. The van der Waals surface area contributed by atoms with Gasteiger partial charge in [0.2, 0.25) is 0 Å². The molecule has 0 aliphatic heterocycles. The zero-order chi connectivity index (χ0) is 20.4. The third-order valence-electron chi connectivity index (χ3n) is 5.13. The summed E-state index contributed by atoms with van der Waals surface area (Å²) in [4.78, 5) is 4.54. The molecule has 148 valence electrons. The molecule has 29 heavy (non-hydrogen) atoms. The van der Waals surface area contributed by atoms with Gasteiger partial charge in [-0.1, -0.05) is 67.6 Å². The molecule has 3 rings (SSSR count). The Hall–Kier alpha value is -3.12. The van der Waals surface area contributed by atoms with Crippen LogP contribution in [0, 0.1) is 11.3 Å². The molecule has 1 aromatic carbocycles. The molecule has 0 amide bonds. The first-order valence-corrected chi connectivity index (χ1v) is 10.4. The minimum absolute atomic E-state index is 0.614. The molecule has 3 heteroatoms. The molecule has 0 saturated heterocycles. The van der Waals surface area contributed by atoms with Crippen LogP contribution in [0.3, 0.4) is 0 Å². The van der Waals surface area contributed by atoms with Crippen molar-refractivity contribution in [1.82, 2.24) is 4.98 Å². The summed E-state index contributed by atoms with van der Waals surface area (Å²) < 4.78 is 5.80. The molecule has 0 saturated carbocycles. The van der Waals surface area contributed by atoms with Crippen LogP contribution in [0.2, 0.25) is 0 Å². The van der Waals surface area contributed by atoms with Gasteiger partial charge in [0.05, 0.1) is 24.6 Å². The zero-order valence-electron chi connectivity index (χ0n) is 17.1. The zero-order valence-corrected chi connectivity index (χ0v) is 17.1. The average Bonchev–Trinajstić information content (AvgIpc) is 2.79. The van der Waals surface area contributed by atoms with Gasteiger partial charge in [-0.25, -0.2) is 0 Å². The lowest BCUT2D eigenvalue weighted by atomic mass is 9.77. The Morgan fingerprint density at radius 2 is 2.00 bits per heavy atom. The molecule has 1 unspecified atom stereocenters. The van der Waals surface area contributed by atoms with Gasteiger partial charge in [-0.3, -0.25) is 4.98 Å². The lowest BCUT2D eigenvalue weighted by Gasteiger charge is -2.25. The quantitative estimate of drug-likeness (QED) is 0.371. The molecule has 0 radical (unpaired) electrons. The van der Waals surface area contributed by atoms with Crippen molar-refractivity contribution in [3.8, 4) is 11.8 Å². The number of nitriles is 1. The van der Waals surface area contributed by atoms with E-state index < -0.39 is 5.41 Å². The van der Waals surface area contributed by atoms with E-state index in [1.165, 1.54) is 0 Å². The number of hydrogen-bond acceptors (Lipinski definition) is 3. The van der Waals surface area contributed by atoms with E-state index in [1.807, 2.05) is 42.5 Å². The van der Waals surface area contributed by atoms with Crippen molar-refractivity contribution < 1.29 is 4.74 Å². The maximum Gasteiger partial charge on any atom is 0.137 e. The van der Waals surface area contributed by atoms with Crippen LogP contribution >= 0.6 is 0 Å². The van der Waals surface area contributed by atoms with E-state index in [0.717, 1.165) is 48.3 Å². The molecule has 2 aromatic rings. The second-order valence-electron chi connectivity index (χ2n) is 7.25. The van der Waals surface area contributed by atoms with E-state index in [0.29, 0.717) is 13.0 Å². The number of nitrogens with zero attached hydrogens (tertiary/aromatic N) is 2. The minimum Gasteiger partial charge on any atom is -0.492 e. The van der Waals surface area contributed by atoms with E-state index in [2.05, 4.69) is 48.3 Å². The highest BCUT2D eigenvalue weighted by atomic mass is 16.5. The predicted molar refractivity (Wildman–Crippen MR) is 118 cm³/mol. The van der Waals surface area contributed by atoms with Gasteiger partial charge in [0.15, 0.2) is 0 Å². The van der Waals surface area contributed by atoms with E-state index in [4.69, 9.17) is 4.74 Å². The molecular weight excluding hydrogens is 356 g/mol. The summed E-state index contributed by atoms with van der Waals surface area (Å²) in [5.41, 5.74) is 2.35. The van der Waals surface area contributed by atoms with Crippen molar-refractivity contribution >= 4 is 5.57 Å². The molecule has 1 aromatic heterocycles. The Kier molecular flexibility index (Phi) is 7.41. The molecule has 0 fully saturated rings. The summed E-state index contributed by atoms with van der Waals surface area (Å²) in [6.07, 6.45) is 17.2. The van der Waals surface area contributed by atoms with E-state index in [1.54, 1.807) is 6.20 Å². The van der Waals surface area contributed by atoms with Crippen LogP contribution in [0.25, 0.3) is 5.57 Å². The molecule has 1 aliphatic rings. The van der Waals surface area contributed by atoms with Crippen molar-refractivity contribution in [3.63, 3.8) is 0 Å². The van der Waals surface area contributed by atoms with Crippen molar-refractivity contribution in [3.05, 3.63) is 90.3 Å². The SMILES string of the molecule is CCC=CCCCCOc1ccc(C2(C#N)C=CC(c3ccccc3)=CC2)nc1. The van der Waals surface area contributed by atoms with Crippen molar-refractivity contribution in [2.24, 2.45) is 0 Å². The average molecular weight is 385 g/mol. The first kappa shape index (κ1) is 20.6. The Morgan fingerprint density at radius 3 is 2.66 bits per heavy atom. The number of unbranched alkanes of at least 4 members (excludes halogenated alkanes) is 2. The van der Waals surface area contributed by atoms with Crippen molar-refractivity contribution in [2.75, 3.05) is 6.61 Å². The van der Waals surface area contributed by atoms with Crippen LogP contribution in [0.5, 0.6) is 5.75 Å². The molecule has 1 aliphatic carbocycles. The Balaban J connectivity index is 1.57. The van der Waals surface area contributed by atoms with Crippen LogP contribution in [-0.2, 0) is 5.41 Å². The maximum absolute atomic E-state index is 9.88. The summed E-state index contributed by atoms with van der Waals surface area (Å²) in [7, 11) is 0. The Labute approximate surface area is 174 Å². The second kappa shape index (κ2) is 10.4. The lowest BCUT2D eigenvalue weighted by Crippen LogP contribution is -2.23. The van der Waals surface area contributed by atoms with E-state index in [-0.39, 0.29) is 0 Å². The smallest absolute Gasteiger partial charge is 0.137 e. The predicted octanol–water partition coefficient (Wildman–Crippen LogP) is 6.40. The lowest BCUT2D eigenvalue weighted by molar-refractivity contribution is 0.306. The van der Waals surface area contributed by atoms with Gasteiger partial charge < -0.3 is 4.74 Å². The van der Waals surface area contributed by atoms with Crippen LogP contribution in [-0.4, -0.2) is 11.6 Å². The molecule has 1 heterocycles. The number of pyridine rings is 1. The first-order chi connectivity index (χ1) is 14.3. The highest BCUT2D eigenvalue weighted by Crippen LogP contribution is 2.35. The fraction of sp³-hybridized carbons (Fsp3) is 0.308. The number of benzene rings is 1. The number of hydrogen-bond donors (Lipinski definition) is 0. The number of ether oxygens (including phenoxy) is 1. The topological polar surface area (TPSA) is 45.9 Å². The van der Waals surface area contributed by atoms with Gasteiger partial charge in [-0.05, 0) is 55.4 Å². The summed E-state index contributed by atoms with van der Waals surface area (Å²) in [5, 5.41) is 9.88. The fourth-order valence-electron chi connectivity index (χ4n) is 3.38. The highest BCUT2D eigenvalue weighted by Gasteiger charge is 2.32. The number of aromatic nitrogens is 1. The van der Waals surface area contributed by atoms with Crippen molar-refractivity contribution in [1.29, 1.82) is 5.26 Å². The second-order valence-corrected chi connectivity index (χ2v) is 7.25. The van der Waals surface area contributed by atoms with Crippen LogP contribution in [0.1, 0.15) is 50.3 Å². The normalized spacial score (nSPS) is 18.4. The molecule has 0 bridgehead atoms. The largest absolute Gasteiger partial charge is 0.492 e. The Morgan fingerprint density at radius 1 is 1.14 bits per heavy atom. The third-order valence-corrected chi connectivity index (χ3v) is 5.13. The van der Waals surface area contributed by atoms with Gasteiger partial charge in [0.1, 0.15) is 11.2 Å². The fourth-order valence-corrected chi connectivity index (χ4v) is 3.38. The molecule has 0 spiro atoms.